The number of pyridine rings is 1. The van der Waals surface area contributed by atoms with E-state index in [0.29, 0.717) is 0 Å². The maximum Gasteiger partial charge on any atom is 0.354 e. The molecule has 2 aromatic rings. The zero-order valence-electron chi connectivity index (χ0n) is 10.8. The molecule has 0 aliphatic heterocycles. The Morgan fingerprint density at radius 3 is 2.55 bits per heavy atom. The first kappa shape index (κ1) is 15.4. The topological polar surface area (TPSA) is 140 Å². The molecule has 0 atom stereocenters. The molecule has 0 bridgehead atoms. The summed E-state index contributed by atoms with van der Waals surface area (Å²) >= 11 is 0. The van der Waals surface area contributed by atoms with Crippen molar-refractivity contribution in [3.05, 3.63) is 58.3 Å². The molecule has 114 valence electrons. The van der Waals surface area contributed by atoms with Gasteiger partial charge < -0.3 is 5.11 Å². The van der Waals surface area contributed by atoms with Crippen LogP contribution < -0.4 is 4.72 Å². The van der Waals surface area contributed by atoms with Crippen LogP contribution in [0.3, 0.4) is 0 Å². The number of nitrogens with one attached hydrogen (secondary N) is 1. The Morgan fingerprint density at radius 2 is 1.91 bits per heavy atom. The van der Waals surface area contributed by atoms with E-state index in [1.54, 1.807) is 0 Å². The van der Waals surface area contributed by atoms with E-state index < -0.39 is 20.9 Å². The van der Waals surface area contributed by atoms with Crippen LogP contribution in [-0.2, 0) is 10.0 Å². The number of non-ortho nitro benzene ring substituents is 1. The summed E-state index contributed by atoms with van der Waals surface area (Å²) in [5, 5.41) is 19.5. The number of aromatic carboxylic acids is 1. The highest BCUT2D eigenvalue weighted by molar-refractivity contribution is 7.92. The fraction of sp³-hybridized carbons (Fsp3) is 0. The number of anilines is 1. The summed E-state index contributed by atoms with van der Waals surface area (Å²) in [7, 11) is -4.12. The summed E-state index contributed by atoms with van der Waals surface area (Å²) in [5.74, 6) is -1.51. The smallest absolute Gasteiger partial charge is 0.354 e. The number of carboxylic acid groups (broad SMARTS) is 1. The number of aromatic nitrogens is 1. The largest absolute Gasteiger partial charge is 0.477 e. The van der Waals surface area contributed by atoms with Crippen molar-refractivity contribution >= 4 is 27.5 Å². The van der Waals surface area contributed by atoms with E-state index in [4.69, 9.17) is 5.11 Å². The molecule has 1 heterocycles. The van der Waals surface area contributed by atoms with Crippen molar-refractivity contribution < 1.29 is 23.2 Å². The molecule has 0 spiro atoms. The van der Waals surface area contributed by atoms with Gasteiger partial charge in [0, 0.05) is 12.1 Å². The second kappa shape index (κ2) is 5.77. The minimum Gasteiger partial charge on any atom is -0.477 e. The molecule has 9 nitrogen and oxygen atoms in total. The molecule has 2 N–H and O–H groups in total. The fourth-order valence-corrected chi connectivity index (χ4v) is 2.61. The Kier molecular flexibility index (Phi) is 4.04. The van der Waals surface area contributed by atoms with E-state index >= 15 is 0 Å². The Morgan fingerprint density at radius 1 is 1.23 bits per heavy atom. The molecule has 1 aromatic heterocycles. The van der Waals surface area contributed by atoms with Gasteiger partial charge >= 0.3 is 5.97 Å². The van der Waals surface area contributed by atoms with Gasteiger partial charge in [-0.05, 0) is 18.2 Å². The van der Waals surface area contributed by atoms with E-state index in [-0.39, 0.29) is 22.1 Å². The molecule has 0 amide bonds. The highest BCUT2D eigenvalue weighted by Gasteiger charge is 2.18. The van der Waals surface area contributed by atoms with Crippen LogP contribution in [0.1, 0.15) is 10.5 Å². The highest BCUT2D eigenvalue weighted by Crippen LogP contribution is 2.19. The van der Waals surface area contributed by atoms with Gasteiger partial charge in [0.15, 0.2) is 5.69 Å². The van der Waals surface area contributed by atoms with E-state index in [2.05, 4.69) is 9.71 Å². The molecule has 0 saturated heterocycles. The second-order valence-corrected chi connectivity index (χ2v) is 5.76. The minimum atomic E-state index is -4.12. The van der Waals surface area contributed by atoms with Crippen molar-refractivity contribution in [1.82, 2.24) is 4.98 Å². The van der Waals surface area contributed by atoms with Crippen molar-refractivity contribution in [2.45, 2.75) is 4.90 Å². The SMILES string of the molecule is O=C(O)c1cccc(NS(=O)(=O)c2cccc([N+](=O)[O-])c2)n1. The molecule has 0 unspecified atom stereocenters. The lowest BCUT2D eigenvalue weighted by atomic mass is 10.3. The number of nitrogens with zero attached hydrogens (tertiary/aromatic N) is 2. The van der Waals surface area contributed by atoms with Crippen molar-refractivity contribution in [3.63, 3.8) is 0 Å². The lowest BCUT2D eigenvalue weighted by molar-refractivity contribution is -0.385. The Balaban J connectivity index is 2.35. The van der Waals surface area contributed by atoms with Crippen LogP contribution in [0.4, 0.5) is 11.5 Å². The van der Waals surface area contributed by atoms with E-state index in [1.807, 2.05) is 0 Å². The van der Waals surface area contributed by atoms with Crippen LogP contribution in [0.2, 0.25) is 0 Å². The number of hydrogen-bond donors (Lipinski definition) is 2. The Bertz CT molecular complexity index is 849. The fourth-order valence-electron chi connectivity index (χ4n) is 1.57. The van der Waals surface area contributed by atoms with E-state index in [9.17, 15) is 23.3 Å². The summed E-state index contributed by atoms with van der Waals surface area (Å²) in [5.41, 5.74) is -0.714. The Hall–Kier alpha value is -3.01. The van der Waals surface area contributed by atoms with E-state index in [1.165, 1.54) is 30.3 Å². The number of benzene rings is 1. The van der Waals surface area contributed by atoms with Gasteiger partial charge in [0.25, 0.3) is 15.7 Å². The Labute approximate surface area is 124 Å². The van der Waals surface area contributed by atoms with Crippen LogP contribution in [-0.4, -0.2) is 29.4 Å². The maximum absolute atomic E-state index is 12.1. The third kappa shape index (κ3) is 3.35. The van der Waals surface area contributed by atoms with Gasteiger partial charge in [0.05, 0.1) is 9.82 Å². The standard InChI is InChI=1S/C12H9N3O6S/c16-12(17)10-5-2-6-11(13-10)14-22(20,21)9-4-1-3-8(7-9)15(18)19/h1-7H,(H,13,14)(H,16,17). The van der Waals surface area contributed by atoms with Gasteiger partial charge in [-0.3, -0.25) is 14.8 Å². The summed E-state index contributed by atoms with van der Waals surface area (Å²) in [4.78, 5) is 24.0. The van der Waals surface area contributed by atoms with Gasteiger partial charge in [-0.15, -0.1) is 0 Å². The molecule has 10 heteroatoms. The molecule has 0 saturated carbocycles. The molecule has 0 fully saturated rings. The summed E-state index contributed by atoms with van der Waals surface area (Å²) in [6, 6.07) is 8.24. The molecule has 22 heavy (non-hydrogen) atoms. The van der Waals surface area contributed by atoms with E-state index in [0.717, 1.165) is 12.1 Å². The van der Waals surface area contributed by atoms with Gasteiger partial charge in [-0.1, -0.05) is 12.1 Å². The predicted molar refractivity (Wildman–Crippen MR) is 75.1 cm³/mol. The second-order valence-electron chi connectivity index (χ2n) is 4.07. The number of hydrogen-bond acceptors (Lipinski definition) is 6. The first-order valence-corrected chi connectivity index (χ1v) is 7.25. The van der Waals surface area contributed by atoms with Crippen molar-refractivity contribution in [3.8, 4) is 0 Å². The van der Waals surface area contributed by atoms with Crippen LogP contribution in [0.15, 0.2) is 47.4 Å². The van der Waals surface area contributed by atoms with Gasteiger partial charge in [0.1, 0.15) is 5.82 Å². The predicted octanol–water partition coefficient (Wildman–Crippen LogP) is 1.49. The zero-order chi connectivity index (χ0) is 16.3. The van der Waals surface area contributed by atoms with Crippen molar-refractivity contribution in [2.75, 3.05) is 4.72 Å². The molecule has 0 aliphatic carbocycles. The summed E-state index contributed by atoms with van der Waals surface area (Å²) in [6.07, 6.45) is 0. The van der Waals surface area contributed by atoms with Crippen molar-refractivity contribution in [2.24, 2.45) is 0 Å². The monoisotopic (exact) mass is 323 g/mol. The maximum atomic E-state index is 12.1. The van der Waals surface area contributed by atoms with Crippen LogP contribution in [0, 0.1) is 10.1 Å². The third-order valence-electron chi connectivity index (χ3n) is 2.55. The number of nitro groups is 1. The zero-order valence-corrected chi connectivity index (χ0v) is 11.6. The van der Waals surface area contributed by atoms with Crippen LogP contribution >= 0.6 is 0 Å². The number of carbonyl (C=O) groups is 1. The molecule has 1 aromatic carbocycles. The molecule has 0 radical (unpaired) electrons. The number of nitro benzene ring substituents is 1. The highest BCUT2D eigenvalue weighted by atomic mass is 32.2. The average Bonchev–Trinajstić information content (AvgIpc) is 2.47. The van der Waals surface area contributed by atoms with Gasteiger partial charge in [-0.2, -0.15) is 0 Å². The summed E-state index contributed by atoms with van der Waals surface area (Å²) in [6.45, 7) is 0. The number of sulfonamides is 1. The summed E-state index contributed by atoms with van der Waals surface area (Å²) < 4.78 is 26.3. The third-order valence-corrected chi connectivity index (χ3v) is 3.90. The lowest BCUT2D eigenvalue weighted by Crippen LogP contribution is -2.15. The number of rotatable bonds is 5. The van der Waals surface area contributed by atoms with Crippen molar-refractivity contribution in [1.29, 1.82) is 0 Å². The molecule has 2 rings (SSSR count). The normalized spacial score (nSPS) is 10.9. The average molecular weight is 323 g/mol. The molecular formula is C12H9N3O6S. The quantitative estimate of drug-likeness (QED) is 0.627. The number of carboxylic acids is 1. The lowest BCUT2D eigenvalue weighted by Gasteiger charge is -2.07. The van der Waals surface area contributed by atoms with Gasteiger partial charge in [0.2, 0.25) is 0 Å². The molecular weight excluding hydrogens is 314 g/mol. The first-order chi connectivity index (χ1) is 10.3. The van der Waals surface area contributed by atoms with Crippen LogP contribution in [0.5, 0.6) is 0 Å². The minimum absolute atomic E-state index is 0.202. The molecule has 0 aliphatic rings. The first-order valence-electron chi connectivity index (χ1n) is 5.77. The van der Waals surface area contributed by atoms with Gasteiger partial charge in [-0.25, -0.2) is 18.2 Å². The van der Waals surface area contributed by atoms with Crippen LogP contribution in [0.25, 0.3) is 0 Å².